The summed E-state index contributed by atoms with van der Waals surface area (Å²) in [6.07, 6.45) is 7.16. The van der Waals surface area contributed by atoms with Crippen molar-refractivity contribution in [2.24, 2.45) is 5.73 Å². The molecule has 0 aromatic carbocycles. The molecule has 1 heterocycles. The van der Waals surface area contributed by atoms with Gasteiger partial charge < -0.3 is 10.6 Å². The highest BCUT2D eigenvalue weighted by Gasteiger charge is 2.33. The first-order valence-corrected chi connectivity index (χ1v) is 7.48. The van der Waals surface area contributed by atoms with Crippen LogP contribution in [0.25, 0.3) is 0 Å². The van der Waals surface area contributed by atoms with Crippen LogP contribution < -0.4 is 5.73 Å². The monoisotopic (exact) mass is 253 g/mol. The minimum Gasteiger partial charge on any atom is -0.341 e. The Hall–Kier alpha value is -0.610. The predicted octanol–water partition coefficient (Wildman–Crippen LogP) is 1.20. The molecule has 1 saturated heterocycles. The fraction of sp³-hybridized carbons (Fsp3) is 0.929. The van der Waals surface area contributed by atoms with Gasteiger partial charge in [-0.15, -0.1) is 0 Å². The molecule has 2 N–H and O–H groups in total. The van der Waals surface area contributed by atoms with Gasteiger partial charge >= 0.3 is 0 Å². The third-order valence-electron chi connectivity index (χ3n) is 4.44. The summed E-state index contributed by atoms with van der Waals surface area (Å²) in [5, 5.41) is 0. The van der Waals surface area contributed by atoms with Gasteiger partial charge in [0, 0.05) is 25.7 Å². The zero-order valence-corrected chi connectivity index (χ0v) is 11.6. The van der Waals surface area contributed by atoms with E-state index in [0.717, 1.165) is 26.1 Å². The lowest BCUT2D eigenvalue weighted by Crippen LogP contribution is -2.53. The molecule has 2 rings (SSSR count). The Balaban J connectivity index is 1.92. The van der Waals surface area contributed by atoms with Gasteiger partial charge in [-0.25, -0.2) is 0 Å². The fourth-order valence-electron chi connectivity index (χ4n) is 3.03. The summed E-state index contributed by atoms with van der Waals surface area (Å²) in [4.78, 5) is 16.9. The van der Waals surface area contributed by atoms with Crippen molar-refractivity contribution in [3.63, 3.8) is 0 Å². The van der Waals surface area contributed by atoms with Gasteiger partial charge in [-0.1, -0.05) is 6.42 Å². The number of nitrogens with two attached hydrogens (primary N) is 1. The quantitative estimate of drug-likeness (QED) is 0.774. The summed E-state index contributed by atoms with van der Waals surface area (Å²) in [6.45, 7) is 5.68. The number of hydrogen-bond acceptors (Lipinski definition) is 3. The van der Waals surface area contributed by atoms with E-state index >= 15 is 0 Å². The van der Waals surface area contributed by atoms with E-state index in [4.69, 9.17) is 5.73 Å². The second-order valence-corrected chi connectivity index (χ2v) is 5.67. The molecule has 0 radical (unpaired) electrons. The normalized spacial score (nSPS) is 22.3. The molecule has 2 fully saturated rings. The van der Waals surface area contributed by atoms with Gasteiger partial charge in [0.2, 0.25) is 5.91 Å². The molecule has 4 heteroatoms. The lowest BCUT2D eigenvalue weighted by atomic mass is 9.90. The third kappa shape index (κ3) is 3.04. The van der Waals surface area contributed by atoms with E-state index in [9.17, 15) is 4.79 Å². The number of carbonyl (C=O) groups is 1. The predicted molar refractivity (Wildman–Crippen MR) is 73.3 cm³/mol. The van der Waals surface area contributed by atoms with Crippen molar-refractivity contribution < 1.29 is 4.79 Å². The zero-order valence-electron chi connectivity index (χ0n) is 11.6. The minimum absolute atomic E-state index is 0.0416. The standard InChI is InChI=1S/C14H27N3O/c1-12(14(18)16-9-2-3-10-16)17(11-5-8-15)13-6-4-7-13/h12-13H,2-11,15H2,1H3. The molecule has 1 saturated carbocycles. The second-order valence-electron chi connectivity index (χ2n) is 5.67. The van der Waals surface area contributed by atoms with Gasteiger partial charge in [-0.05, 0) is 45.6 Å². The van der Waals surface area contributed by atoms with Crippen LogP contribution in [0.3, 0.4) is 0 Å². The summed E-state index contributed by atoms with van der Waals surface area (Å²) < 4.78 is 0. The number of rotatable bonds is 6. The van der Waals surface area contributed by atoms with Crippen LogP contribution in [0.5, 0.6) is 0 Å². The molecule has 0 aromatic rings. The molecule has 0 bridgehead atoms. The molecule has 1 unspecified atom stereocenters. The SMILES string of the molecule is CC(C(=O)N1CCCC1)N(CCCN)C1CCC1. The molecule has 4 nitrogen and oxygen atoms in total. The topological polar surface area (TPSA) is 49.6 Å². The van der Waals surface area contributed by atoms with Crippen molar-refractivity contribution in [3.05, 3.63) is 0 Å². The van der Waals surface area contributed by atoms with Crippen molar-refractivity contribution in [2.75, 3.05) is 26.2 Å². The Labute approximate surface area is 110 Å². The Morgan fingerprint density at radius 3 is 2.50 bits per heavy atom. The first-order chi connectivity index (χ1) is 8.74. The van der Waals surface area contributed by atoms with Crippen LogP contribution in [-0.2, 0) is 4.79 Å². The van der Waals surface area contributed by atoms with Crippen molar-refractivity contribution in [2.45, 2.75) is 57.5 Å². The van der Waals surface area contributed by atoms with Gasteiger partial charge in [-0.3, -0.25) is 9.69 Å². The molecule has 0 aromatic heterocycles. The van der Waals surface area contributed by atoms with E-state index in [1.165, 1.54) is 32.1 Å². The maximum Gasteiger partial charge on any atom is 0.239 e. The van der Waals surface area contributed by atoms with E-state index in [1.54, 1.807) is 0 Å². The molecule has 104 valence electrons. The van der Waals surface area contributed by atoms with E-state index in [-0.39, 0.29) is 6.04 Å². The lowest BCUT2D eigenvalue weighted by molar-refractivity contribution is -0.137. The van der Waals surface area contributed by atoms with E-state index in [1.807, 2.05) is 4.90 Å². The first-order valence-electron chi connectivity index (χ1n) is 7.48. The van der Waals surface area contributed by atoms with Crippen molar-refractivity contribution >= 4 is 5.91 Å². The zero-order chi connectivity index (χ0) is 13.0. The van der Waals surface area contributed by atoms with Gasteiger partial charge in [0.1, 0.15) is 0 Å². The Morgan fingerprint density at radius 1 is 1.33 bits per heavy atom. The van der Waals surface area contributed by atoms with Crippen LogP contribution in [0.4, 0.5) is 0 Å². The van der Waals surface area contributed by atoms with E-state index in [2.05, 4.69) is 11.8 Å². The van der Waals surface area contributed by atoms with Gasteiger partial charge in [0.25, 0.3) is 0 Å². The Kier molecular flexibility index (Phi) is 5.01. The Bertz CT molecular complexity index is 272. The second kappa shape index (κ2) is 6.53. The Morgan fingerprint density at radius 2 is 2.00 bits per heavy atom. The van der Waals surface area contributed by atoms with Crippen molar-refractivity contribution in [3.8, 4) is 0 Å². The summed E-state index contributed by atoms with van der Waals surface area (Å²) in [5.74, 6) is 0.330. The summed E-state index contributed by atoms with van der Waals surface area (Å²) >= 11 is 0. The highest BCUT2D eigenvalue weighted by atomic mass is 16.2. The summed E-state index contributed by atoms with van der Waals surface area (Å²) in [6, 6.07) is 0.665. The first kappa shape index (κ1) is 13.8. The molecular weight excluding hydrogens is 226 g/mol. The lowest BCUT2D eigenvalue weighted by Gasteiger charge is -2.41. The number of amides is 1. The number of hydrogen-bond donors (Lipinski definition) is 1. The van der Waals surface area contributed by atoms with Crippen LogP contribution in [0.15, 0.2) is 0 Å². The van der Waals surface area contributed by atoms with Gasteiger partial charge in [-0.2, -0.15) is 0 Å². The largest absolute Gasteiger partial charge is 0.341 e. The van der Waals surface area contributed by atoms with Crippen LogP contribution in [0.1, 0.15) is 45.4 Å². The summed E-state index contributed by atoms with van der Waals surface area (Å²) in [7, 11) is 0. The van der Waals surface area contributed by atoms with Crippen molar-refractivity contribution in [1.29, 1.82) is 0 Å². The number of carbonyl (C=O) groups excluding carboxylic acids is 1. The number of likely N-dealkylation sites (tertiary alicyclic amines) is 1. The van der Waals surface area contributed by atoms with Gasteiger partial charge in [0.05, 0.1) is 6.04 Å². The molecule has 1 atom stereocenters. The molecule has 0 spiro atoms. The maximum absolute atomic E-state index is 12.4. The highest BCUT2D eigenvalue weighted by Crippen LogP contribution is 2.27. The van der Waals surface area contributed by atoms with E-state index < -0.39 is 0 Å². The van der Waals surface area contributed by atoms with Crippen molar-refractivity contribution in [1.82, 2.24) is 9.80 Å². The third-order valence-corrected chi connectivity index (χ3v) is 4.44. The average Bonchev–Trinajstić information content (AvgIpc) is 2.83. The highest BCUT2D eigenvalue weighted by molar-refractivity contribution is 5.81. The smallest absolute Gasteiger partial charge is 0.239 e. The molecule has 18 heavy (non-hydrogen) atoms. The van der Waals surface area contributed by atoms with Crippen LogP contribution >= 0.6 is 0 Å². The molecule has 2 aliphatic rings. The maximum atomic E-state index is 12.4. The molecule has 1 aliphatic heterocycles. The number of nitrogens with zero attached hydrogens (tertiary/aromatic N) is 2. The van der Waals surface area contributed by atoms with E-state index in [0.29, 0.717) is 18.5 Å². The van der Waals surface area contributed by atoms with Gasteiger partial charge in [0.15, 0.2) is 0 Å². The molecular formula is C14H27N3O. The van der Waals surface area contributed by atoms with Crippen LogP contribution in [0, 0.1) is 0 Å². The molecule has 1 aliphatic carbocycles. The fourth-order valence-corrected chi connectivity index (χ4v) is 3.03. The van der Waals surface area contributed by atoms with Crippen LogP contribution in [-0.4, -0.2) is 54.0 Å². The van der Waals surface area contributed by atoms with Crippen LogP contribution in [0.2, 0.25) is 0 Å². The average molecular weight is 253 g/mol. The molecule has 1 amide bonds. The minimum atomic E-state index is 0.0416. The summed E-state index contributed by atoms with van der Waals surface area (Å²) in [5.41, 5.74) is 5.61.